The zero-order valence-electron chi connectivity index (χ0n) is 14.9. The highest BCUT2D eigenvalue weighted by molar-refractivity contribution is 7.12. The zero-order chi connectivity index (χ0) is 20.0. The van der Waals surface area contributed by atoms with E-state index >= 15 is 0 Å². The minimum Gasteiger partial charge on any atom is -0.493 e. The fraction of sp³-hybridized carbons (Fsp3) is 0.278. The molecule has 1 N–H and O–H groups in total. The number of carbonyl (C=O) groups is 3. The average Bonchev–Trinajstić information content (AvgIpc) is 3.15. The maximum atomic E-state index is 12.2. The highest BCUT2D eigenvalue weighted by Crippen LogP contribution is 2.37. The van der Waals surface area contributed by atoms with Crippen LogP contribution in [0, 0.1) is 0 Å². The summed E-state index contributed by atoms with van der Waals surface area (Å²) in [6.45, 7) is 3.04. The van der Waals surface area contributed by atoms with Gasteiger partial charge in [-0.1, -0.05) is 17.7 Å². The summed E-state index contributed by atoms with van der Waals surface area (Å²) in [5.41, 5.74) is 0.0883. The third kappa shape index (κ3) is 5.70. The predicted molar refractivity (Wildman–Crippen MR) is 101 cm³/mol. The van der Waals surface area contributed by atoms with Crippen molar-refractivity contribution in [1.29, 1.82) is 0 Å². The summed E-state index contributed by atoms with van der Waals surface area (Å²) in [7, 11) is 1.41. The van der Waals surface area contributed by atoms with Crippen molar-refractivity contribution in [3.05, 3.63) is 45.1 Å². The van der Waals surface area contributed by atoms with Crippen LogP contribution in [0.2, 0.25) is 5.02 Å². The Hall–Kier alpha value is -2.58. The molecule has 0 aliphatic rings. The highest BCUT2D eigenvalue weighted by atomic mass is 35.5. The lowest BCUT2D eigenvalue weighted by Crippen LogP contribution is -2.33. The van der Waals surface area contributed by atoms with Crippen LogP contribution in [0.3, 0.4) is 0 Å². The van der Waals surface area contributed by atoms with E-state index in [1.165, 1.54) is 30.6 Å². The summed E-state index contributed by atoms with van der Waals surface area (Å²) >= 11 is 7.35. The molecule has 2 rings (SSSR count). The minimum absolute atomic E-state index is 0.0883. The van der Waals surface area contributed by atoms with Crippen molar-refractivity contribution in [3.63, 3.8) is 0 Å². The van der Waals surface area contributed by atoms with Gasteiger partial charge >= 0.3 is 5.97 Å². The van der Waals surface area contributed by atoms with Crippen molar-refractivity contribution < 1.29 is 28.6 Å². The molecule has 144 valence electrons. The van der Waals surface area contributed by atoms with E-state index in [2.05, 4.69) is 5.32 Å². The molecule has 0 aliphatic heterocycles. The number of benzene rings is 1. The van der Waals surface area contributed by atoms with Crippen molar-refractivity contribution in [2.45, 2.75) is 20.0 Å². The summed E-state index contributed by atoms with van der Waals surface area (Å²) in [5, 5.41) is 4.02. The van der Waals surface area contributed by atoms with Crippen LogP contribution < -0.4 is 14.8 Å². The molecule has 1 aromatic carbocycles. The first-order valence-corrected chi connectivity index (χ1v) is 9.16. The van der Waals surface area contributed by atoms with Crippen LogP contribution in [-0.2, 0) is 9.53 Å². The van der Waals surface area contributed by atoms with E-state index < -0.39 is 24.4 Å². The Bertz CT molecular complexity index is 835. The van der Waals surface area contributed by atoms with Crippen LogP contribution in [0.4, 0.5) is 0 Å². The maximum Gasteiger partial charge on any atom is 0.338 e. The van der Waals surface area contributed by atoms with Crippen molar-refractivity contribution in [1.82, 2.24) is 5.32 Å². The van der Waals surface area contributed by atoms with Gasteiger partial charge in [0.25, 0.3) is 11.8 Å². The summed E-state index contributed by atoms with van der Waals surface area (Å²) in [5.74, 6) is -1.50. The van der Waals surface area contributed by atoms with Gasteiger partial charge in [-0.15, -0.1) is 11.3 Å². The molecule has 0 bridgehead atoms. The minimum atomic E-state index is -0.787. The van der Waals surface area contributed by atoms with Crippen LogP contribution >= 0.6 is 22.9 Å². The highest BCUT2D eigenvalue weighted by Gasteiger charge is 2.19. The maximum absolute atomic E-state index is 12.2. The topological polar surface area (TPSA) is 90.9 Å². The lowest BCUT2D eigenvalue weighted by Gasteiger charge is -2.16. The lowest BCUT2D eigenvalue weighted by molar-refractivity contribution is -0.123. The second-order valence-electron chi connectivity index (χ2n) is 5.59. The van der Waals surface area contributed by atoms with Crippen molar-refractivity contribution in [3.8, 4) is 11.5 Å². The molecular formula is C18H18ClNO6S. The Morgan fingerprint density at radius 3 is 2.59 bits per heavy atom. The molecule has 0 atom stereocenters. The molecule has 27 heavy (non-hydrogen) atoms. The first-order valence-electron chi connectivity index (χ1n) is 7.90. The number of hydrogen-bond donors (Lipinski definition) is 1. The molecule has 0 fully saturated rings. The summed E-state index contributed by atoms with van der Waals surface area (Å²) < 4.78 is 15.7. The normalized spacial score (nSPS) is 10.4. The number of carbonyl (C=O) groups excluding carboxylic acids is 3. The fourth-order valence-electron chi connectivity index (χ4n) is 2.03. The van der Waals surface area contributed by atoms with E-state index in [-0.39, 0.29) is 22.4 Å². The van der Waals surface area contributed by atoms with Gasteiger partial charge < -0.3 is 14.2 Å². The quantitative estimate of drug-likeness (QED) is 0.703. The van der Waals surface area contributed by atoms with Gasteiger partial charge in [0, 0.05) is 0 Å². The van der Waals surface area contributed by atoms with Crippen LogP contribution in [0.25, 0.3) is 0 Å². The van der Waals surface area contributed by atoms with Gasteiger partial charge in [-0.05, 0) is 37.4 Å². The Balaban J connectivity index is 2.00. The zero-order valence-corrected chi connectivity index (χ0v) is 16.5. The van der Waals surface area contributed by atoms with Gasteiger partial charge in [-0.25, -0.2) is 4.79 Å². The van der Waals surface area contributed by atoms with E-state index in [1.54, 1.807) is 17.5 Å². The summed E-state index contributed by atoms with van der Waals surface area (Å²) in [6, 6.07) is 6.03. The SMILES string of the molecule is COc1cc(C(=O)OCC(=O)NC(=O)c2cccs2)cc(Cl)c1OC(C)C. The number of esters is 1. The average molecular weight is 412 g/mol. The van der Waals surface area contributed by atoms with E-state index in [9.17, 15) is 14.4 Å². The number of thiophene rings is 1. The van der Waals surface area contributed by atoms with Crippen LogP contribution in [0.15, 0.2) is 29.6 Å². The first kappa shape index (κ1) is 20.7. The lowest BCUT2D eigenvalue weighted by atomic mass is 10.2. The Morgan fingerprint density at radius 1 is 1.26 bits per heavy atom. The molecule has 2 amide bonds. The van der Waals surface area contributed by atoms with Gasteiger partial charge in [0.05, 0.1) is 28.7 Å². The molecule has 0 saturated heterocycles. The molecule has 0 spiro atoms. The number of methoxy groups -OCH3 is 1. The molecule has 1 aromatic heterocycles. The molecule has 2 aromatic rings. The molecule has 7 nitrogen and oxygen atoms in total. The van der Waals surface area contributed by atoms with Crippen molar-refractivity contribution in [2.24, 2.45) is 0 Å². The smallest absolute Gasteiger partial charge is 0.338 e. The van der Waals surface area contributed by atoms with E-state index in [0.29, 0.717) is 10.6 Å². The molecule has 9 heteroatoms. The fourth-order valence-corrected chi connectivity index (χ4v) is 2.91. The molecular weight excluding hydrogens is 394 g/mol. The molecule has 0 saturated carbocycles. The van der Waals surface area contributed by atoms with Crippen molar-refractivity contribution in [2.75, 3.05) is 13.7 Å². The third-order valence-corrected chi connectivity index (χ3v) is 4.30. The van der Waals surface area contributed by atoms with E-state index in [0.717, 1.165) is 0 Å². The number of nitrogens with one attached hydrogen (secondary N) is 1. The van der Waals surface area contributed by atoms with Gasteiger partial charge in [0.1, 0.15) is 0 Å². The first-order chi connectivity index (χ1) is 12.8. The van der Waals surface area contributed by atoms with Crippen LogP contribution in [-0.4, -0.2) is 37.6 Å². The van der Waals surface area contributed by atoms with E-state index in [1.807, 2.05) is 13.8 Å². The number of amides is 2. The van der Waals surface area contributed by atoms with Crippen molar-refractivity contribution >= 4 is 40.7 Å². The van der Waals surface area contributed by atoms with Gasteiger partial charge in [-0.3, -0.25) is 14.9 Å². The second kappa shape index (κ2) is 9.38. The van der Waals surface area contributed by atoms with E-state index in [4.69, 9.17) is 25.8 Å². The Morgan fingerprint density at radius 2 is 2.00 bits per heavy atom. The number of imide groups is 1. The third-order valence-electron chi connectivity index (χ3n) is 3.15. The standard InChI is InChI=1S/C18H18ClNO6S/c1-10(2)26-16-12(19)7-11(8-13(16)24-3)18(23)25-9-15(21)20-17(22)14-5-4-6-27-14/h4-8,10H,9H2,1-3H3,(H,20,21,22). The Labute approximate surface area is 165 Å². The monoisotopic (exact) mass is 411 g/mol. The van der Waals surface area contributed by atoms with Gasteiger partial charge in [0.15, 0.2) is 18.1 Å². The summed E-state index contributed by atoms with van der Waals surface area (Å²) in [6.07, 6.45) is -0.140. The van der Waals surface area contributed by atoms with Crippen LogP contribution in [0.1, 0.15) is 33.9 Å². The molecule has 1 heterocycles. The second-order valence-corrected chi connectivity index (χ2v) is 6.94. The van der Waals surface area contributed by atoms with Gasteiger partial charge in [-0.2, -0.15) is 0 Å². The largest absolute Gasteiger partial charge is 0.493 e. The number of halogens is 1. The number of ether oxygens (including phenoxy) is 3. The number of hydrogen-bond acceptors (Lipinski definition) is 7. The van der Waals surface area contributed by atoms with Gasteiger partial charge in [0.2, 0.25) is 0 Å². The molecule has 0 radical (unpaired) electrons. The number of rotatable bonds is 7. The molecule has 0 unspecified atom stereocenters. The van der Waals surface area contributed by atoms with Crippen LogP contribution in [0.5, 0.6) is 11.5 Å². The predicted octanol–water partition coefficient (Wildman–Crippen LogP) is 3.31. The Kier molecular flexibility index (Phi) is 7.20. The molecule has 0 aliphatic carbocycles. The summed E-state index contributed by atoms with van der Waals surface area (Å²) in [4.78, 5) is 36.1.